The van der Waals surface area contributed by atoms with Crippen molar-refractivity contribution in [3.63, 3.8) is 0 Å². The van der Waals surface area contributed by atoms with E-state index < -0.39 is 8.32 Å². The van der Waals surface area contributed by atoms with Crippen molar-refractivity contribution in [2.75, 3.05) is 7.11 Å². The molecule has 0 spiro atoms. The maximum atomic E-state index is 12.0. The summed E-state index contributed by atoms with van der Waals surface area (Å²) in [5, 5.41) is 2.83. The summed E-state index contributed by atoms with van der Waals surface area (Å²) in [7, 11) is -1.01. The van der Waals surface area contributed by atoms with Crippen LogP contribution in [0.2, 0.25) is 5.04 Å². The van der Waals surface area contributed by atoms with Crippen LogP contribution in [-0.2, 0) is 14.0 Å². The van der Waals surface area contributed by atoms with E-state index in [0.717, 1.165) is 30.1 Å². The number of rotatable bonds is 7. The molecular weight excluding hydrogens is 545 g/mol. The Kier molecular flexibility index (Phi) is 8.52. The molecule has 0 radical (unpaired) electrons. The summed E-state index contributed by atoms with van der Waals surface area (Å²) in [5.41, 5.74) is 0.835. The second-order valence-electron chi connectivity index (χ2n) is 16.3. The molecule has 0 saturated heterocycles. The zero-order valence-electron chi connectivity index (χ0n) is 27.7. The topological polar surface area (TPSA) is 35.5 Å². The quantitative estimate of drug-likeness (QED) is 0.236. The fraction of sp³-hybridized carbons (Fsp3) is 0.667. The molecule has 0 bridgehead atoms. The van der Waals surface area contributed by atoms with Gasteiger partial charge in [0.05, 0.1) is 7.11 Å². The number of benzene rings is 2. The summed E-state index contributed by atoms with van der Waals surface area (Å²) < 4.78 is 12.7. The number of hydrogen-bond acceptors (Lipinski definition) is 3. The first-order valence-electron chi connectivity index (χ1n) is 17.4. The Hall–Kier alpha value is -1.91. The van der Waals surface area contributed by atoms with Crippen LogP contribution in [-0.4, -0.2) is 27.5 Å². The lowest BCUT2D eigenvalue weighted by Gasteiger charge is -2.61. The van der Waals surface area contributed by atoms with E-state index >= 15 is 0 Å². The second-order valence-corrected chi connectivity index (χ2v) is 20.5. The lowest BCUT2D eigenvalue weighted by atomic mass is 9.44. The first-order valence-corrected chi connectivity index (χ1v) is 19.3. The Morgan fingerprint density at radius 3 is 2.02 bits per heavy atom. The molecule has 0 N–H and O–H groups in total. The Bertz CT molecular complexity index is 1210. The van der Waals surface area contributed by atoms with Crippen molar-refractivity contribution >= 4 is 24.7 Å². The van der Waals surface area contributed by atoms with E-state index in [1.165, 1.54) is 75.3 Å². The normalized spacial score (nSPS) is 35.9. The third-order valence-electron chi connectivity index (χ3n) is 13.5. The van der Waals surface area contributed by atoms with Gasteiger partial charge in [-0.15, -0.1) is 0 Å². The van der Waals surface area contributed by atoms with Crippen molar-refractivity contribution < 1.29 is 14.0 Å². The van der Waals surface area contributed by atoms with Crippen molar-refractivity contribution in [1.82, 2.24) is 0 Å². The van der Waals surface area contributed by atoms with E-state index in [9.17, 15) is 4.79 Å². The summed E-state index contributed by atoms with van der Waals surface area (Å²) in [4.78, 5) is 12.0. The number of esters is 1. The maximum absolute atomic E-state index is 12.0. The number of hydrogen-bond donors (Lipinski definition) is 0. The molecule has 43 heavy (non-hydrogen) atoms. The number of ether oxygens (including phenoxy) is 1. The van der Waals surface area contributed by atoms with Gasteiger partial charge in [0.2, 0.25) is 0 Å². The molecule has 4 saturated carbocycles. The maximum Gasteiger partial charge on any atom is 0.305 e. The van der Waals surface area contributed by atoms with Crippen LogP contribution in [0, 0.1) is 40.4 Å². The van der Waals surface area contributed by atoms with Gasteiger partial charge in [-0.05, 0) is 120 Å². The van der Waals surface area contributed by atoms with Gasteiger partial charge in [0.25, 0.3) is 8.32 Å². The van der Waals surface area contributed by atoms with Gasteiger partial charge >= 0.3 is 5.97 Å². The molecular formula is C39H56O3Si. The van der Waals surface area contributed by atoms with E-state index in [2.05, 4.69) is 95.3 Å². The Balaban J connectivity index is 1.22. The van der Waals surface area contributed by atoms with E-state index in [4.69, 9.17) is 9.16 Å². The summed E-state index contributed by atoms with van der Waals surface area (Å²) in [6.45, 7) is 12.5. The van der Waals surface area contributed by atoms with Crippen LogP contribution >= 0.6 is 0 Å². The molecule has 234 valence electrons. The third kappa shape index (κ3) is 5.27. The lowest BCUT2D eigenvalue weighted by molar-refractivity contribution is -0.142. The predicted octanol–water partition coefficient (Wildman–Crippen LogP) is 8.54. The Morgan fingerprint density at radius 2 is 1.42 bits per heavy atom. The molecule has 2 aromatic rings. The fourth-order valence-corrected chi connectivity index (χ4v) is 16.0. The summed E-state index contributed by atoms with van der Waals surface area (Å²) in [6, 6.07) is 22.4. The number of fused-ring (bicyclic) bond motifs is 5. The first-order chi connectivity index (χ1) is 20.5. The zero-order valence-corrected chi connectivity index (χ0v) is 28.7. The molecule has 4 heteroatoms. The van der Waals surface area contributed by atoms with E-state index in [1.807, 2.05) is 0 Å². The molecule has 0 heterocycles. The van der Waals surface area contributed by atoms with Crippen LogP contribution in [0.5, 0.6) is 0 Å². The SMILES string of the molecule is COC(=O)CCC1CCC2C3CCC4C[C@H](O[Si](c5ccccc5)(c5ccccc5)C(C)(C)C)CC[C@]4(C)C3CC[C@]12C. The average molecular weight is 601 g/mol. The van der Waals surface area contributed by atoms with Gasteiger partial charge in [0.1, 0.15) is 0 Å². The number of carbonyl (C=O) groups excluding carboxylic acids is 1. The summed E-state index contributed by atoms with van der Waals surface area (Å²) in [6.07, 6.45) is 13.8. The number of carbonyl (C=O) groups is 1. The summed E-state index contributed by atoms with van der Waals surface area (Å²) >= 11 is 0. The van der Waals surface area contributed by atoms with Gasteiger partial charge in [-0.1, -0.05) is 95.3 Å². The minimum absolute atomic E-state index is 0.0226. The van der Waals surface area contributed by atoms with Crippen molar-refractivity contribution in [2.24, 2.45) is 40.4 Å². The monoisotopic (exact) mass is 600 g/mol. The van der Waals surface area contributed by atoms with Crippen molar-refractivity contribution in [3.8, 4) is 0 Å². The minimum Gasteiger partial charge on any atom is -0.469 e. The van der Waals surface area contributed by atoms with Crippen LogP contribution in [0.15, 0.2) is 60.7 Å². The van der Waals surface area contributed by atoms with Gasteiger partial charge in [0.15, 0.2) is 0 Å². The lowest BCUT2D eigenvalue weighted by Crippen LogP contribution is -2.68. The van der Waals surface area contributed by atoms with E-state index in [1.54, 1.807) is 0 Å². The highest BCUT2D eigenvalue weighted by Gasteiger charge is 2.61. The van der Waals surface area contributed by atoms with Crippen LogP contribution in [0.25, 0.3) is 0 Å². The first kappa shape index (κ1) is 31.1. The fourth-order valence-electron chi connectivity index (χ4n) is 11.2. The van der Waals surface area contributed by atoms with Gasteiger partial charge in [-0.3, -0.25) is 4.79 Å². The molecule has 2 aromatic carbocycles. The highest BCUT2D eigenvalue weighted by Crippen LogP contribution is 2.68. The van der Waals surface area contributed by atoms with Crippen LogP contribution in [0.3, 0.4) is 0 Å². The van der Waals surface area contributed by atoms with Crippen molar-refractivity contribution in [3.05, 3.63) is 60.7 Å². The minimum atomic E-state index is -2.54. The molecule has 0 aliphatic heterocycles. The Labute approximate surface area is 262 Å². The molecule has 0 aromatic heterocycles. The second kappa shape index (κ2) is 11.8. The van der Waals surface area contributed by atoms with Crippen LogP contribution in [0.4, 0.5) is 0 Å². The third-order valence-corrected chi connectivity index (χ3v) is 18.6. The smallest absolute Gasteiger partial charge is 0.305 e. The molecule has 4 aliphatic carbocycles. The standard InChI is InChI=1S/C39H56O3Si/c1-37(2,3)43(31-13-9-7-10-14-31,32-15-11-8-12-16-32)42-30-23-25-39(5)29(27-30)17-20-33-34-21-18-28(19-22-36(40)41-6)38(34,4)26-24-35(33)39/h7-16,28-30,33-35H,17-27H2,1-6H3/t28?,29?,30-,33?,34?,35?,38-,39+/m1/s1. The molecule has 6 rings (SSSR count). The average Bonchev–Trinajstić information content (AvgIpc) is 3.35. The zero-order chi connectivity index (χ0) is 30.5. The van der Waals surface area contributed by atoms with E-state index in [0.29, 0.717) is 29.3 Å². The van der Waals surface area contributed by atoms with Crippen LogP contribution < -0.4 is 10.4 Å². The molecule has 3 nitrogen and oxygen atoms in total. The number of methoxy groups -OCH3 is 1. The van der Waals surface area contributed by atoms with Crippen LogP contribution in [0.1, 0.15) is 105 Å². The van der Waals surface area contributed by atoms with Gasteiger partial charge in [-0.2, -0.15) is 0 Å². The van der Waals surface area contributed by atoms with Crippen molar-refractivity contribution in [1.29, 1.82) is 0 Å². The van der Waals surface area contributed by atoms with Gasteiger partial charge in [-0.25, -0.2) is 0 Å². The highest BCUT2D eigenvalue weighted by atomic mass is 28.4. The molecule has 4 fully saturated rings. The van der Waals surface area contributed by atoms with Gasteiger partial charge < -0.3 is 9.16 Å². The molecule has 5 unspecified atom stereocenters. The van der Waals surface area contributed by atoms with E-state index in [-0.39, 0.29) is 11.0 Å². The van der Waals surface area contributed by atoms with Gasteiger partial charge in [0, 0.05) is 12.5 Å². The van der Waals surface area contributed by atoms with Crippen molar-refractivity contribution in [2.45, 2.75) is 116 Å². The molecule has 4 aliphatic rings. The summed E-state index contributed by atoms with van der Waals surface area (Å²) in [5.74, 6) is 3.93. The largest absolute Gasteiger partial charge is 0.469 e. The molecule has 0 amide bonds. The highest BCUT2D eigenvalue weighted by molar-refractivity contribution is 6.99. The Morgan fingerprint density at radius 1 is 0.814 bits per heavy atom. The predicted molar refractivity (Wildman–Crippen MR) is 179 cm³/mol. The molecule has 8 atom stereocenters.